The average molecular weight is 483 g/mol. The van der Waals surface area contributed by atoms with Crippen molar-refractivity contribution in [1.29, 1.82) is 0 Å². The van der Waals surface area contributed by atoms with E-state index in [1.54, 1.807) is 35.1 Å². The molecular formula is C19H14BrCl2N3O3. The van der Waals surface area contributed by atoms with Crippen LogP contribution in [-0.2, 0) is 11.3 Å². The number of carbonyl (C=O) groups is 2. The summed E-state index contributed by atoms with van der Waals surface area (Å²) in [6.07, 6.45) is 1.74. The van der Waals surface area contributed by atoms with E-state index in [2.05, 4.69) is 31.1 Å². The number of ether oxygens (including phenoxy) is 1. The fraction of sp³-hybridized carbons (Fsp3) is 0.105. The van der Waals surface area contributed by atoms with E-state index < -0.39 is 5.97 Å². The van der Waals surface area contributed by atoms with Gasteiger partial charge in [-0.2, -0.15) is 5.10 Å². The molecular weight excluding hydrogens is 469 g/mol. The van der Waals surface area contributed by atoms with Gasteiger partial charge in [-0.05, 0) is 57.9 Å². The highest BCUT2D eigenvalue weighted by molar-refractivity contribution is 9.10. The summed E-state index contributed by atoms with van der Waals surface area (Å²) in [5, 5.41) is 8.19. The zero-order valence-corrected chi connectivity index (χ0v) is 17.7. The highest BCUT2D eigenvalue weighted by Crippen LogP contribution is 2.25. The molecule has 9 heteroatoms. The summed E-state index contributed by atoms with van der Waals surface area (Å²) in [6.45, 7) is 0.415. The van der Waals surface area contributed by atoms with Crippen molar-refractivity contribution < 1.29 is 14.3 Å². The number of rotatable bonds is 5. The van der Waals surface area contributed by atoms with Crippen molar-refractivity contribution >= 4 is 56.8 Å². The Labute approximate surface area is 179 Å². The summed E-state index contributed by atoms with van der Waals surface area (Å²) in [7, 11) is 1.30. The van der Waals surface area contributed by atoms with Crippen molar-refractivity contribution in [3.05, 3.63) is 79.9 Å². The molecule has 0 atom stereocenters. The van der Waals surface area contributed by atoms with Crippen molar-refractivity contribution in [2.75, 3.05) is 12.4 Å². The molecule has 144 valence electrons. The van der Waals surface area contributed by atoms with Gasteiger partial charge >= 0.3 is 5.97 Å². The van der Waals surface area contributed by atoms with Crippen LogP contribution in [0, 0.1) is 0 Å². The van der Waals surface area contributed by atoms with Gasteiger partial charge in [-0.3, -0.25) is 9.48 Å². The second-order valence-electron chi connectivity index (χ2n) is 5.78. The van der Waals surface area contributed by atoms with Crippen LogP contribution in [0.15, 0.2) is 53.1 Å². The molecule has 0 unspecified atom stereocenters. The number of amides is 1. The van der Waals surface area contributed by atoms with Gasteiger partial charge in [0.2, 0.25) is 0 Å². The lowest BCUT2D eigenvalue weighted by Crippen LogP contribution is -2.13. The molecule has 0 saturated heterocycles. The number of halogens is 3. The molecule has 0 saturated carbocycles. The van der Waals surface area contributed by atoms with Crippen LogP contribution in [-0.4, -0.2) is 28.8 Å². The third-order valence-corrected chi connectivity index (χ3v) is 5.03. The molecule has 0 aliphatic heterocycles. The first-order valence-electron chi connectivity index (χ1n) is 8.04. The van der Waals surface area contributed by atoms with Gasteiger partial charge < -0.3 is 10.1 Å². The average Bonchev–Trinajstić information content (AvgIpc) is 3.02. The van der Waals surface area contributed by atoms with Crippen LogP contribution < -0.4 is 5.32 Å². The first kappa shape index (κ1) is 20.4. The standard InChI is InChI=1S/C19H14BrCl2N3O3/c1-28-19(27)12-4-2-11(3-5-12)18(26)23-17-15(20)10-25(24-17)9-13-6-7-14(21)8-16(13)22/h2-8,10H,9H2,1H3,(H,23,24,26). The molecule has 0 radical (unpaired) electrons. The molecule has 0 bridgehead atoms. The predicted octanol–water partition coefficient (Wildman–Crippen LogP) is 5.04. The number of esters is 1. The SMILES string of the molecule is COC(=O)c1ccc(C(=O)Nc2nn(Cc3ccc(Cl)cc3Cl)cc2Br)cc1. The van der Waals surface area contributed by atoms with E-state index >= 15 is 0 Å². The Balaban J connectivity index is 1.72. The van der Waals surface area contributed by atoms with E-state index in [1.165, 1.54) is 19.2 Å². The fourth-order valence-electron chi connectivity index (χ4n) is 2.44. The molecule has 3 aromatic rings. The minimum atomic E-state index is -0.464. The molecule has 0 aliphatic rings. The molecule has 1 aromatic heterocycles. The second-order valence-corrected chi connectivity index (χ2v) is 7.48. The first-order valence-corrected chi connectivity index (χ1v) is 9.59. The number of carbonyl (C=O) groups excluding carboxylic acids is 2. The summed E-state index contributed by atoms with van der Waals surface area (Å²) in [6, 6.07) is 11.4. The summed E-state index contributed by atoms with van der Waals surface area (Å²) < 4.78 is 6.91. The van der Waals surface area contributed by atoms with Gasteiger partial charge in [-0.15, -0.1) is 0 Å². The van der Waals surface area contributed by atoms with E-state index in [0.29, 0.717) is 38.0 Å². The maximum absolute atomic E-state index is 12.4. The Bertz CT molecular complexity index is 1040. The third-order valence-electron chi connectivity index (χ3n) is 3.86. The van der Waals surface area contributed by atoms with Crippen LogP contribution in [0.1, 0.15) is 26.3 Å². The minimum absolute atomic E-state index is 0.355. The fourth-order valence-corrected chi connectivity index (χ4v) is 3.33. The zero-order valence-electron chi connectivity index (χ0n) is 14.6. The van der Waals surface area contributed by atoms with E-state index in [-0.39, 0.29) is 5.91 Å². The molecule has 2 aromatic carbocycles. The second kappa shape index (κ2) is 8.77. The van der Waals surface area contributed by atoms with E-state index in [0.717, 1.165) is 5.56 Å². The van der Waals surface area contributed by atoms with Gasteiger partial charge in [0.15, 0.2) is 5.82 Å². The first-order chi connectivity index (χ1) is 13.4. The number of benzene rings is 2. The number of aromatic nitrogens is 2. The van der Waals surface area contributed by atoms with E-state index in [9.17, 15) is 9.59 Å². The molecule has 28 heavy (non-hydrogen) atoms. The molecule has 6 nitrogen and oxygen atoms in total. The summed E-state index contributed by atoms with van der Waals surface area (Å²) >= 11 is 15.5. The maximum atomic E-state index is 12.4. The highest BCUT2D eigenvalue weighted by atomic mass is 79.9. The Hall–Kier alpha value is -2.35. The van der Waals surface area contributed by atoms with Crippen molar-refractivity contribution in [1.82, 2.24) is 9.78 Å². The lowest BCUT2D eigenvalue weighted by Gasteiger charge is -2.06. The maximum Gasteiger partial charge on any atom is 0.337 e. The largest absolute Gasteiger partial charge is 0.465 e. The van der Waals surface area contributed by atoms with E-state index in [4.69, 9.17) is 23.2 Å². The summed E-state index contributed by atoms with van der Waals surface area (Å²) in [5.41, 5.74) is 1.59. The Morgan fingerprint density at radius 1 is 1.14 bits per heavy atom. The van der Waals surface area contributed by atoms with Gasteiger partial charge in [-0.1, -0.05) is 29.3 Å². The number of methoxy groups -OCH3 is 1. The van der Waals surface area contributed by atoms with Crippen LogP contribution >= 0.6 is 39.1 Å². The number of nitrogens with one attached hydrogen (secondary N) is 1. The van der Waals surface area contributed by atoms with Crippen LogP contribution in [0.4, 0.5) is 5.82 Å². The smallest absolute Gasteiger partial charge is 0.337 e. The van der Waals surface area contributed by atoms with Crippen molar-refractivity contribution in [3.63, 3.8) is 0 Å². The number of anilines is 1. The third kappa shape index (κ3) is 4.73. The number of hydrogen-bond donors (Lipinski definition) is 1. The molecule has 1 amide bonds. The minimum Gasteiger partial charge on any atom is -0.465 e. The van der Waals surface area contributed by atoms with Gasteiger partial charge in [-0.25, -0.2) is 4.79 Å². The molecule has 1 heterocycles. The number of hydrogen-bond acceptors (Lipinski definition) is 4. The Morgan fingerprint density at radius 3 is 2.46 bits per heavy atom. The molecule has 0 spiro atoms. The predicted molar refractivity (Wildman–Crippen MR) is 111 cm³/mol. The monoisotopic (exact) mass is 481 g/mol. The Kier molecular flexibility index (Phi) is 6.39. The lowest BCUT2D eigenvalue weighted by molar-refractivity contribution is 0.0600. The Morgan fingerprint density at radius 2 is 1.82 bits per heavy atom. The van der Waals surface area contributed by atoms with Crippen molar-refractivity contribution in [2.45, 2.75) is 6.54 Å². The number of nitrogens with zero attached hydrogens (tertiary/aromatic N) is 2. The molecule has 3 rings (SSSR count). The molecule has 0 aliphatic carbocycles. The van der Waals surface area contributed by atoms with Gasteiger partial charge in [0.1, 0.15) is 0 Å². The van der Waals surface area contributed by atoms with Crippen LogP contribution in [0.25, 0.3) is 0 Å². The molecule has 0 fully saturated rings. The topological polar surface area (TPSA) is 73.2 Å². The van der Waals surface area contributed by atoms with Crippen LogP contribution in [0.5, 0.6) is 0 Å². The summed E-state index contributed by atoms with van der Waals surface area (Å²) in [5.74, 6) is -0.451. The zero-order chi connectivity index (χ0) is 20.3. The van der Waals surface area contributed by atoms with Gasteiger partial charge in [0.05, 0.1) is 23.7 Å². The van der Waals surface area contributed by atoms with Crippen molar-refractivity contribution in [3.8, 4) is 0 Å². The summed E-state index contributed by atoms with van der Waals surface area (Å²) in [4.78, 5) is 23.9. The highest BCUT2D eigenvalue weighted by Gasteiger charge is 2.14. The van der Waals surface area contributed by atoms with E-state index in [1.807, 2.05) is 6.07 Å². The van der Waals surface area contributed by atoms with Gasteiger partial charge in [0.25, 0.3) is 5.91 Å². The van der Waals surface area contributed by atoms with Crippen LogP contribution in [0.3, 0.4) is 0 Å². The van der Waals surface area contributed by atoms with Gasteiger partial charge in [0, 0.05) is 21.8 Å². The van der Waals surface area contributed by atoms with Crippen molar-refractivity contribution in [2.24, 2.45) is 0 Å². The normalized spacial score (nSPS) is 10.6. The lowest BCUT2D eigenvalue weighted by atomic mass is 10.1. The molecule has 1 N–H and O–H groups in total. The van der Waals surface area contributed by atoms with Crippen LogP contribution in [0.2, 0.25) is 10.0 Å². The quantitative estimate of drug-likeness (QED) is 0.517.